The number of halogens is 2. The number of rotatable bonds is 5. The van der Waals surface area contributed by atoms with E-state index in [1.807, 2.05) is 36.4 Å². The maximum absolute atomic E-state index is 5.93. The van der Waals surface area contributed by atoms with Gasteiger partial charge in [0.05, 0.1) is 10.4 Å². The number of ether oxygens (including phenoxy) is 1. The van der Waals surface area contributed by atoms with Gasteiger partial charge in [-0.2, -0.15) is 0 Å². The molecule has 1 aromatic carbocycles. The van der Waals surface area contributed by atoms with Crippen LogP contribution in [0.1, 0.15) is 16.5 Å². The standard InChI is InChI=1S/C13H13BrClNOS/c14-13-5-4-12(18-13)11(7-16)17-8-9-2-1-3-10(15)6-9/h1-6,11H,7-8,16H2. The molecule has 0 radical (unpaired) electrons. The van der Waals surface area contributed by atoms with Crippen LogP contribution in [0.4, 0.5) is 0 Å². The first-order valence-electron chi connectivity index (χ1n) is 5.50. The number of benzene rings is 1. The van der Waals surface area contributed by atoms with Crippen LogP contribution in [-0.2, 0) is 11.3 Å². The Hall–Kier alpha value is -0.390. The highest BCUT2D eigenvalue weighted by atomic mass is 79.9. The predicted octanol–water partition coefficient (Wildman–Crippen LogP) is 4.38. The third-order valence-corrected chi connectivity index (χ3v) is 4.42. The summed E-state index contributed by atoms with van der Waals surface area (Å²) in [6, 6.07) is 11.7. The zero-order valence-corrected chi connectivity index (χ0v) is 12.8. The molecular formula is C13H13BrClNOS. The zero-order chi connectivity index (χ0) is 13.0. The molecule has 1 aromatic heterocycles. The van der Waals surface area contributed by atoms with Crippen LogP contribution in [0.3, 0.4) is 0 Å². The van der Waals surface area contributed by atoms with E-state index in [4.69, 9.17) is 22.1 Å². The summed E-state index contributed by atoms with van der Waals surface area (Å²) in [5, 5.41) is 0.722. The summed E-state index contributed by atoms with van der Waals surface area (Å²) >= 11 is 11.0. The topological polar surface area (TPSA) is 35.2 Å². The molecule has 0 bridgehead atoms. The van der Waals surface area contributed by atoms with Crippen molar-refractivity contribution in [3.63, 3.8) is 0 Å². The van der Waals surface area contributed by atoms with Gasteiger partial charge in [0.1, 0.15) is 6.10 Å². The monoisotopic (exact) mass is 345 g/mol. The first-order chi connectivity index (χ1) is 8.69. The van der Waals surface area contributed by atoms with E-state index >= 15 is 0 Å². The van der Waals surface area contributed by atoms with Gasteiger partial charge in [0, 0.05) is 16.4 Å². The largest absolute Gasteiger partial charge is 0.367 e. The van der Waals surface area contributed by atoms with Gasteiger partial charge < -0.3 is 10.5 Å². The number of hydrogen-bond donors (Lipinski definition) is 1. The summed E-state index contributed by atoms with van der Waals surface area (Å²) in [6.07, 6.45) is -0.0692. The molecule has 0 saturated carbocycles. The summed E-state index contributed by atoms with van der Waals surface area (Å²) in [5.41, 5.74) is 6.80. The van der Waals surface area contributed by atoms with Gasteiger partial charge in [-0.05, 0) is 45.8 Å². The molecule has 2 rings (SSSR count). The molecule has 0 spiro atoms. The fourth-order valence-electron chi connectivity index (χ4n) is 1.59. The smallest absolute Gasteiger partial charge is 0.104 e. The van der Waals surface area contributed by atoms with E-state index in [9.17, 15) is 0 Å². The van der Waals surface area contributed by atoms with Crippen LogP contribution in [0.15, 0.2) is 40.2 Å². The van der Waals surface area contributed by atoms with Crippen molar-refractivity contribution < 1.29 is 4.74 Å². The molecule has 18 heavy (non-hydrogen) atoms. The van der Waals surface area contributed by atoms with Gasteiger partial charge in [-0.3, -0.25) is 0 Å². The SMILES string of the molecule is NCC(OCc1cccc(Cl)c1)c1ccc(Br)s1. The summed E-state index contributed by atoms with van der Waals surface area (Å²) < 4.78 is 6.92. The molecule has 5 heteroatoms. The van der Waals surface area contributed by atoms with Gasteiger partial charge in [0.25, 0.3) is 0 Å². The second kappa shape index (κ2) is 6.68. The molecule has 0 fully saturated rings. The van der Waals surface area contributed by atoms with E-state index in [1.54, 1.807) is 11.3 Å². The lowest BCUT2D eigenvalue weighted by atomic mass is 10.2. The van der Waals surface area contributed by atoms with E-state index in [1.165, 1.54) is 0 Å². The average Bonchev–Trinajstić information content (AvgIpc) is 2.77. The van der Waals surface area contributed by atoms with Crippen molar-refractivity contribution >= 4 is 38.9 Å². The van der Waals surface area contributed by atoms with Gasteiger partial charge in [0.15, 0.2) is 0 Å². The molecule has 1 atom stereocenters. The quantitative estimate of drug-likeness (QED) is 0.872. The lowest BCUT2D eigenvalue weighted by Crippen LogP contribution is -2.14. The van der Waals surface area contributed by atoms with Crippen molar-refractivity contribution in [2.45, 2.75) is 12.7 Å². The van der Waals surface area contributed by atoms with Crippen LogP contribution >= 0.6 is 38.9 Å². The minimum Gasteiger partial charge on any atom is -0.367 e. The van der Waals surface area contributed by atoms with Crippen molar-refractivity contribution in [3.8, 4) is 0 Å². The Morgan fingerprint density at radius 3 is 2.78 bits per heavy atom. The second-order valence-electron chi connectivity index (χ2n) is 3.81. The van der Waals surface area contributed by atoms with E-state index < -0.39 is 0 Å². The normalized spacial score (nSPS) is 12.6. The fourth-order valence-corrected chi connectivity index (χ4v) is 3.29. The Balaban J connectivity index is 1.99. The second-order valence-corrected chi connectivity index (χ2v) is 6.74. The first kappa shape index (κ1) is 14.0. The van der Waals surface area contributed by atoms with Crippen molar-refractivity contribution in [2.75, 3.05) is 6.54 Å². The molecule has 1 unspecified atom stereocenters. The van der Waals surface area contributed by atoms with Gasteiger partial charge >= 0.3 is 0 Å². The Labute approximate surface area is 124 Å². The van der Waals surface area contributed by atoms with E-state index in [0.29, 0.717) is 13.2 Å². The van der Waals surface area contributed by atoms with Crippen molar-refractivity contribution in [3.05, 3.63) is 55.6 Å². The zero-order valence-electron chi connectivity index (χ0n) is 9.61. The van der Waals surface area contributed by atoms with Crippen LogP contribution in [0.25, 0.3) is 0 Å². The molecule has 0 amide bonds. The molecule has 0 aliphatic heterocycles. The van der Waals surface area contributed by atoms with Crippen LogP contribution in [0.5, 0.6) is 0 Å². The van der Waals surface area contributed by atoms with Crippen molar-refractivity contribution in [1.29, 1.82) is 0 Å². The van der Waals surface area contributed by atoms with Gasteiger partial charge in [-0.15, -0.1) is 11.3 Å². The number of nitrogens with two attached hydrogens (primary N) is 1. The number of hydrogen-bond acceptors (Lipinski definition) is 3. The summed E-state index contributed by atoms with van der Waals surface area (Å²) in [5.74, 6) is 0. The maximum atomic E-state index is 5.93. The summed E-state index contributed by atoms with van der Waals surface area (Å²) in [6.45, 7) is 0.978. The van der Waals surface area contributed by atoms with Crippen molar-refractivity contribution in [2.24, 2.45) is 5.73 Å². The van der Waals surface area contributed by atoms with Gasteiger partial charge in [-0.1, -0.05) is 23.7 Å². The highest BCUT2D eigenvalue weighted by Gasteiger charge is 2.12. The van der Waals surface area contributed by atoms with E-state index in [2.05, 4.69) is 15.9 Å². The molecule has 0 saturated heterocycles. The minimum atomic E-state index is -0.0692. The van der Waals surface area contributed by atoms with Crippen LogP contribution in [0.2, 0.25) is 5.02 Å². The molecule has 2 aromatic rings. The van der Waals surface area contributed by atoms with Crippen LogP contribution in [0, 0.1) is 0 Å². The highest BCUT2D eigenvalue weighted by Crippen LogP contribution is 2.29. The Morgan fingerprint density at radius 1 is 1.33 bits per heavy atom. The molecular weight excluding hydrogens is 334 g/mol. The predicted molar refractivity (Wildman–Crippen MR) is 80.1 cm³/mol. The third kappa shape index (κ3) is 3.80. The third-order valence-electron chi connectivity index (χ3n) is 2.47. The molecule has 96 valence electrons. The fraction of sp³-hybridized carbons (Fsp3) is 0.231. The van der Waals surface area contributed by atoms with Crippen LogP contribution < -0.4 is 5.73 Å². The van der Waals surface area contributed by atoms with E-state index in [0.717, 1.165) is 19.2 Å². The van der Waals surface area contributed by atoms with Crippen LogP contribution in [-0.4, -0.2) is 6.54 Å². The summed E-state index contributed by atoms with van der Waals surface area (Å²) in [4.78, 5) is 1.13. The average molecular weight is 347 g/mol. The highest BCUT2D eigenvalue weighted by molar-refractivity contribution is 9.11. The first-order valence-corrected chi connectivity index (χ1v) is 7.49. The number of thiophene rings is 1. The molecule has 1 heterocycles. The van der Waals surface area contributed by atoms with E-state index in [-0.39, 0.29) is 6.10 Å². The Morgan fingerprint density at radius 2 is 2.17 bits per heavy atom. The molecule has 0 aliphatic rings. The van der Waals surface area contributed by atoms with Gasteiger partial charge in [-0.25, -0.2) is 0 Å². The molecule has 2 N–H and O–H groups in total. The molecule has 2 nitrogen and oxygen atoms in total. The lowest BCUT2D eigenvalue weighted by Gasteiger charge is -2.14. The molecule has 0 aliphatic carbocycles. The Bertz CT molecular complexity index is 517. The lowest BCUT2D eigenvalue weighted by molar-refractivity contribution is 0.0480. The Kier molecular flexibility index (Phi) is 5.21. The maximum Gasteiger partial charge on any atom is 0.104 e. The minimum absolute atomic E-state index is 0.0692. The van der Waals surface area contributed by atoms with Gasteiger partial charge in [0.2, 0.25) is 0 Å². The van der Waals surface area contributed by atoms with Crippen molar-refractivity contribution in [1.82, 2.24) is 0 Å². The summed E-state index contributed by atoms with van der Waals surface area (Å²) in [7, 11) is 0.